The van der Waals surface area contributed by atoms with Gasteiger partial charge in [-0.3, -0.25) is 0 Å². The largest absolute Gasteiger partial charge is 0.370 e. The van der Waals surface area contributed by atoms with E-state index in [9.17, 15) is 0 Å². The molecule has 2 nitrogen and oxygen atoms in total. The lowest BCUT2D eigenvalue weighted by Gasteiger charge is -2.32. The first-order valence-electron chi connectivity index (χ1n) is 8.23. The summed E-state index contributed by atoms with van der Waals surface area (Å²) in [4.78, 5) is 2.57. The Hall–Kier alpha value is -2.22. The Morgan fingerprint density at radius 2 is 1.82 bits per heavy atom. The quantitative estimate of drug-likeness (QED) is 0.655. The molecule has 1 saturated heterocycles. The second-order valence-corrected chi connectivity index (χ2v) is 6.43. The van der Waals surface area contributed by atoms with Crippen molar-refractivity contribution in [1.82, 2.24) is 4.40 Å². The van der Waals surface area contributed by atoms with Crippen LogP contribution in [0.5, 0.6) is 0 Å². The molecule has 0 bridgehead atoms. The van der Waals surface area contributed by atoms with E-state index in [2.05, 4.69) is 77.0 Å². The zero-order valence-corrected chi connectivity index (χ0v) is 13.1. The molecule has 0 saturated carbocycles. The molecule has 0 amide bonds. The Kier molecular flexibility index (Phi) is 3.38. The maximum absolute atomic E-state index is 2.57. The van der Waals surface area contributed by atoms with E-state index in [1.165, 1.54) is 48.4 Å². The summed E-state index contributed by atoms with van der Waals surface area (Å²) in [7, 11) is 0. The summed E-state index contributed by atoms with van der Waals surface area (Å²) in [6, 6.07) is 19.5. The van der Waals surface area contributed by atoms with Gasteiger partial charge < -0.3 is 9.30 Å². The van der Waals surface area contributed by atoms with Crippen molar-refractivity contribution in [2.45, 2.75) is 19.8 Å². The third-order valence-electron chi connectivity index (χ3n) is 4.72. The van der Waals surface area contributed by atoms with Crippen molar-refractivity contribution in [3.05, 3.63) is 60.8 Å². The Balaban J connectivity index is 1.86. The molecule has 1 aliphatic heterocycles. The minimum atomic E-state index is 0.785. The van der Waals surface area contributed by atoms with Crippen molar-refractivity contribution < 1.29 is 0 Å². The van der Waals surface area contributed by atoms with Gasteiger partial charge in [-0.2, -0.15) is 0 Å². The maximum atomic E-state index is 2.57. The number of anilines is 1. The lowest BCUT2D eigenvalue weighted by Crippen LogP contribution is -2.34. The van der Waals surface area contributed by atoms with Crippen molar-refractivity contribution in [2.75, 3.05) is 18.0 Å². The zero-order valence-electron chi connectivity index (χ0n) is 13.1. The monoisotopic (exact) mass is 290 g/mol. The predicted molar refractivity (Wildman–Crippen MR) is 93.4 cm³/mol. The fourth-order valence-corrected chi connectivity index (χ4v) is 3.63. The van der Waals surface area contributed by atoms with E-state index in [4.69, 9.17) is 0 Å². The van der Waals surface area contributed by atoms with Crippen molar-refractivity contribution in [3.63, 3.8) is 0 Å². The van der Waals surface area contributed by atoms with E-state index in [0.717, 1.165) is 5.92 Å². The van der Waals surface area contributed by atoms with Crippen molar-refractivity contribution in [2.24, 2.45) is 5.92 Å². The molecule has 0 spiro atoms. The van der Waals surface area contributed by atoms with Crippen LogP contribution in [-0.2, 0) is 0 Å². The minimum Gasteiger partial charge on any atom is -0.370 e. The van der Waals surface area contributed by atoms with Crippen molar-refractivity contribution in [1.29, 1.82) is 0 Å². The molecule has 2 heteroatoms. The van der Waals surface area contributed by atoms with Crippen LogP contribution in [0.1, 0.15) is 19.8 Å². The van der Waals surface area contributed by atoms with Crippen LogP contribution in [0.25, 0.3) is 16.8 Å². The Bertz CT molecular complexity index is 773. The molecule has 1 aromatic carbocycles. The lowest BCUT2D eigenvalue weighted by atomic mass is 10.00. The fourth-order valence-electron chi connectivity index (χ4n) is 3.63. The van der Waals surface area contributed by atoms with Gasteiger partial charge in [-0.15, -0.1) is 0 Å². The number of piperidine rings is 1. The summed E-state index contributed by atoms with van der Waals surface area (Å²) in [6.07, 6.45) is 4.83. The molecule has 1 fully saturated rings. The third-order valence-corrected chi connectivity index (χ3v) is 4.72. The standard InChI is InChI=1S/C20H22N2/c1-16-8-7-12-21(15-16)20-14-19(17-9-3-2-4-10-17)22-13-6-5-11-18(20)22/h2-6,9-11,13-14,16H,7-8,12,15H2,1H3. The molecule has 3 aromatic rings. The summed E-state index contributed by atoms with van der Waals surface area (Å²) in [5, 5.41) is 0. The molecule has 3 heterocycles. The van der Waals surface area contributed by atoms with Gasteiger partial charge in [0, 0.05) is 19.3 Å². The normalized spacial score (nSPS) is 18.8. The zero-order chi connectivity index (χ0) is 14.9. The number of benzene rings is 1. The average Bonchev–Trinajstić information content (AvgIpc) is 2.95. The second-order valence-electron chi connectivity index (χ2n) is 6.43. The van der Waals surface area contributed by atoms with Crippen LogP contribution in [0.3, 0.4) is 0 Å². The topological polar surface area (TPSA) is 7.65 Å². The minimum absolute atomic E-state index is 0.785. The molecular formula is C20H22N2. The third kappa shape index (κ3) is 2.29. The van der Waals surface area contributed by atoms with Crippen LogP contribution in [-0.4, -0.2) is 17.5 Å². The maximum Gasteiger partial charge on any atom is 0.0690 e. The van der Waals surface area contributed by atoms with Gasteiger partial charge in [0.15, 0.2) is 0 Å². The molecule has 1 atom stereocenters. The Morgan fingerprint density at radius 1 is 1.00 bits per heavy atom. The number of pyridine rings is 1. The average molecular weight is 290 g/mol. The van der Waals surface area contributed by atoms with E-state index in [1.54, 1.807) is 0 Å². The molecule has 112 valence electrons. The SMILES string of the molecule is CC1CCCN(c2cc(-c3ccccc3)n3ccccc23)C1. The Labute approximate surface area is 132 Å². The molecule has 0 aliphatic carbocycles. The summed E-state index contributed by atoms with van der Waals surface area (Å²) >= 11 is 0. The molecule has 4 rings (SSSR count). The van der Waals surface area contributed by atoms with Gasteiger partial charge >= 0.3 is 0 Å². The summed E-state index contributed by atoms with van der Waals surface area (Å²) in [5.74, 6) is 0.785. The van der Waals surface area contributed by atoms with Gasteiger partial charge in [0.25, 0.3) is 0 Å². The van der Waals surface area contributed by atoms with E-state index >= 15 is 0 Å². The van der Waals surface area contributed by atoms with E-state index in [1.807, 2.05) is 0 Å². The highest BCUT2D eigenvalue weighted by atomic mass is 15.2. The van der Waals surface area contributed by atoms with Crippen molar-refractivity contribution >= 4 is 11.2 Å². The summed E-state index contributed by atoms with van der Waals surface area (Å²) < 4.78 is 2.32. The van der Waals surface area contributed by atoms with Crippen molar-refractivity contribution in [3.8, 4) is 11.3 Å². The number of aromatic nitrogens is 1. The summed E-state index contributed by atoms with van der Waals surface area (Å²) in [5.41, 5.74) is 5.26. The second kappa shape index (κ2) is 5.53. The fraction of sp³-hybridized carbons (Fsp3) is 0.300. The van der Waals surface area contributed by atoms with Gasteiger partial charge in [-0.05, 0) is 42.5 Å². The molecule has 1 aliphatic rings. The number of nitrogens with zero attached hydrogens (tertiary/aromatic N) is 2. The highest BCUT2D eigenvalue weighted by Crippen LogP contribution is 2.34. The first-order chi connectivity index (χ1) is 10.8. The number of hydrogen-bond acceptors (Lipinski definition) is 1. The van der Waals surface area contributed by atoms with Crippen LogP contribution in [0.15, 0.2) is 60.8 Å². The predicted octanol–water partition coefficient (Wildman–Crippen LogP) is 4.84. The molecule has 22 heavy (non-hydrogen) atoms. The van der Waals surface area contributed by atoms with Crippen LogP contribution >= 0.6 is 0 Å². The van der Waals surface area contributed by atoms with Crippen LogP contribution in [0.2, 0.25) is 0 Å². The smallest absolute Gasteiger partial charge is 0.0690 e. The van der Waals surface area contributed by atoms with Gasteiger partial charge in [0.05, 0.1) is 16.9 Å². The molecule has 0 radical (unpaired) electrons. The van der Waals surface area contributed by atoms with Gasteiger partial charge in [-0.1, -0.05) is 43.3 Å². The highest BCUT2D eigenvalue weighted by Gasteiger charge is 2.20. The van der Waals surface area contributed by atoms with Gasteiger partial charge in [-0.25, -0.2) is 0 Å². The molecular weight excluding hydrogens is 268 g/mol. The summed E-state index contributed by atoms with van der Waals surface area (Å²) in [6.45, 7) is 4.71. The van der Waals surface area contributed by atoms with Gasteiger partial charge in [0.2, 0.25) is 0 Å². The molecule has 1 unspecified atom stereocenters. The highest BCUT2D eigenvalue weighted by molar-refractivity contribution is 5.82. The van der Waals surface area contributed by atoms with E-state index < -0.39 is 0 Å². The van der Waals surface area contributed by atoms with Gasteiger partial charge in [0.1, 0.15) is 0 Å². The first kappa shape index (κ1) is 13.4. The van der Waals surface area contributed by atoms with Crippen LogP contribution in [0.4, 0.5) is 5.69 Å². The number of hydrogen-bond donors (Lipinski definition) is 0. The van der Waals surface area contributed by atoms with Crippen LogP contribution < -0.4 is 4.90 Å². The first-order valence-corrected chi connectivity index (χ1v) is 8.23. The molecule has 2 aromatic heterocycles. The van der Waals surface area contributed by atoms with E-state index in [0.29, 0.717) is 0 Å². The number of fused-ring (bicyclic) bond motifs is 1. The van der Waals surface area contributed by atoms with Crippen LogP contribution in [0, 0.1) is 5.92 Å². The number of rotatable bonds is 2. The lowest BCUT2D eigenvalue weighted by molar-refractivity contribution is 0.447. The van der Waals surface area contributed by atoms with E-state index in [-0.39, 0.29) is 0 Å². The Morgan fingerprint density at radius 3 is 2.64 bits per heavy atom. The molecule has 0 N–H and O–H groups in total.